The number of likely N-dealkylation sites (N-methyl/N-ethyl adjacent to an activating group) is 1. The van der Waals surface area contributed by atoms with E-state index >= 15 is 0 Å². The van der Waals surface area contributed by atoms with E-state index in [2.05, 4.69) is 38.1 Å². The van der Waals surface area contributed by atoms with Gasteiger partial charge >= 0.3 is 0 Å². The Balaban J connectivity index is 1.66. The molecule has 1 fully saturated rings. The summed E-state index contributed by atoms with van der Waals surface area (Å²) >= 11 is 0. The zero-order valence-corrected chi connectivity index (χ0v) is 14.5. The van der Waals surface area contributed by atoms with Crippen LogP contribution in [0.2, 0.25) is 0 Å². The van der Waals surface area contributed by atoms with Gasteiger partial charge in [-0.2, -0.15) is 0 Å². The minimum atomic E-state index is -0.486. The number of primary amides is 1. The smallest absolute Gasteiger partial charge is 0.252 e. The topological polar surface area (TPSA) is 87.4 Å². The van der Waals surface area contributed by atoms with Gasteiger partial charge in [-0.25, -0.2) is 4.98 Å². The van der Waals surface area contributed by atoms with Crippen molar-refractivity contribution in [1.29, 1.82) is 0 Å². The second kappa shape index (κ2) is 7.94. The monoisotopic (exact) mass is 340 g/mol. The van der Waals surface area contributed by atoms with Crippen molar-refractivity contribution in [2.45, 2.75) is 13.5 Å². The summed E-state index contributed by atoms with van der Waals surface area (Å²) in [5.41, 5.74) is 7.58. The molecule has 3 rings (SSSR count). The lowest BCUT2D eigenvalue weighted by molar-refractivity contribution is 0.100. The van der Waals surface area contributed by atoms with E-state index in [-0.39, 0.29) is 0 Å². The first-order valence-corrected chi connectivity index (χ1v) is 8.57. The van der Waals surface area contributed by atoms with Gasteiger partial charge in [0.1, 0.15) is 5.82 Å². The molecule has 0 saturated carbocycles. The van der Waals surface area contributed by atoms with Crippen LogP contribution in [-0.4, -0.2) is 53.5 Å². The number of nitrogens with zero attached hydrogens (tertiary/aromatic N) is 4. The maximum absolute atomic E-state index is 11.5. The Morgan fingerprint density at radius 1 is 1.24 bits per heavy atom. The summed E-state index contributed by atoms with van der Waals surface area (Å²) in [5, 5.41) is 3.26. The van der Waals surface area contributed by atoms with Gasteiger partial charge in [-0.05, 0) is 30.3 Å². The number of anilines is 2. The lowest BCUT2D eigenvalue weighted by Gasteiger charge is -2.34. The fraction of sp³-hybridized carbons (Fsp3) is 0.389. The highest BCUT2D eigenvalue weighted by Crippen LogP contribution is 2.18. The number of hydrogen-bond donors (Lipinski definition) is 2. The molecule has 0 spiro atoms. The van der Waals surface area contributed by atoms with E-state index in [0.717, 1.165) is 44.1 Å². The number of amides is 1. The summed E-state index contributed by atoms with van der Waals surface area (Å²) < 4.78 is 0. The van der Waals surface area contributed by atoms with Gasteiger partial charge in [-0.15, -0.1) is 0 Å². The number of nitrogens with one attached hydrogen (secondary N) is 1. The first-order chi connectivity index (χ1) is 12.2. The number of carbonyl (C=O) groups is 1. The van der Waals surface area contributed by atoms with Crippen LogP contribution >= 0.6 is 0 Å². The van der Waals surface area contributed by atoms with Crippen LogP contribution in [0.5, 0.6) is 0 Å². The van der Waals surface area contributed by atoms with Crippen molar-refractivity contribution in [3.05, 3.63) is 47.9 Å². The van der Waals surface area contributed by atoms with Crippen molar-refractivity contribution in [3.8, 4) is 0 Å². The molecule has 1 aliphatic rings. The number of carbonyl (C=O) groups excluding carboxylic acids is 1. The van der Waals surface area contributed by atoms with E-state index in [0.29, 0.717) is 17.8 Å². The third kappa shape index (κ3) is 4.24. The molecule has 1 amide bonds. The van der Waals surface area contributed by atoms with E-state index in [4.69, 9.17) is 5.73 Å². The molecule has 2 aromatic rings. The SMILES string of the molecule is CCN1CCN(c2cc(CNc3ccncc3C(N)=O)ccn2)CC1. The molecule has 0 aromatic carbocycles. The fourth-order valence-electron chi connectivity index (χ4n) is 2.98. The van der Waals surface area contributed by atoms with Crippen molar-refractivity contribution in [1.82, 2.24) is 14.9 Å². The van der Waals surface area contributed by atoms with Crippen molar-refractivity contribution < 1.29 is 4.79 Å². The van der Waals surface area contributed by atoms with Gasteiger partial charge in [0.25, 0.3) is 5.91 Å². The van der Waals surface area contributed by atoms with Crippen LogP contribution < -0.4 is 16.0 Å². The molecule has 3 N–H and O–H groups in total. The van der Waals surface area contributed by atoms with Gasteiger partial charge in [0.05, 0.1) is 11.3 Å². The van der Waals surface area contributed by atoms with Crippen LogP contribution in [0.25, 0.3) is 0 Å². The first kappa shape index (κ1) is 17.2. The van der Waals surface area contributed by atoms with Gasteiger partial charge in [0.15, 0.2) is 0 Å². The van der Waals surface area contributed by atoms with Crippen molar-refractivity contribution in [3.63, 3.8) is 0 Å². The third-order valence-corrected chi connectivity index (χ3v) is 4.52. The Morgan fingerprint density at radius 3 is 2.76 bits per heavy atom. The molecular formula is C18H24N6O. The summed E-state index contributed by atoms with van der Waals surface area (Å²) in [6.07, 6.45) is 4.95. The van der Waals surface area contributed by atoms with Crippen molar-refractivity contribution in [2.24, 2.45) is 5.73 Å². The molecular weight excluding hydrogens is 316 g/mol. The molecule has 132 valence electrons. The molecule has 7 nitrogen and oxygen atoms in total. The number of piperazine rings is 1. The number of hydrogen-bond acceptors (Lipinski definition) is 6. The molecule has 0 radical (unpaired) electrons. The number of rotatable bonds is 6. The van der Waals surface area contributed by atoms with E-state index < -0.39 is 5.91 Å². The second-order valence-electron chi connectivity index (χ2n) is 6.08. The Bertz CT molecular complexity index is 727. The maximum atomic E-state index is 11.5. The number of aromatic nitrogens is 2. The average Bonchev–Trinajstić information content (AvgIpc) is 2.67. The van der Waals surface area contributed by atoms with E-state index in [1.54, 1.807) is 12.3 Å². The lowest BCUT2D eigenvalue weighted by atomic mass is 10.2. The van der Waals surface area contributed by atoms with Crippen LogP contribution in [0.4, 0.5) is 11.5 Å². The standard InChI is InChI=1S/C18H24N6O/c1-2-23-7-9-24(10-8-23)17-11-14(3-6-21-17)12-22-16-4-5-20-13-15(16)18(19)25/h3-6,11,13H,2,7-10,12H2,1H3,(H2,19,25)(H,20,22). The van der Waals surface area contributed by atoms with Gasteiger partial charge < -0.3 is 20.9 Å². The van der Waals surface area contributed by atoms with Gasteiger partial charge in [-0.3, -0.25) is 9.78 Å². The van der Waals surface area contributed by atoms with Crippen molar-refractivity contribution >= 4 is 17.4 Å². The highest BCUT2D eigenvalue weighted by molar-refractivity contribution is 5.98. The third-order valence-electron chi connectivity index (χ3n) is 4.52. The highest BCUT2D eigenvalue weighted by atomic mass is 16.1. The summed E-state index contributed by atoms with van der Waals surface area (Å²) in [4.78, 5) is 24.7. The van der Waals surface area contributed by atoms with E-state index in [1.165, 1.54) is 6.20 Å². The van der Waals surface area contributed by atoms with Crippen LogP contribution in [-0.2, 0) is 6.54 Å². The first-order valence-electron chi connectivity index (χ1n) is 8.57. The molecule has 3 heterocycles. The van der Waals surface area contributed by atoms with Crippen LogP contribution in [0.1, 0.15) is 22.8 Å². The molecule has 2 aromatic heterocycles. The summed E-state index contributed by atoms with van der Waals surface area (Å²) in [7, 11) is 0. The molecule has 7 heteroatoms. The van der Waals surface area contributed by atoms with Crippen molar-refractivity contribution in [2.75, 3.05) is 42.9 Å². The minimum absolute atomic E-state index is 0.396. The Kier molecular flexibility index (Phi) is 5.45. The molecule has 0 unspecified atom stereocenters. The minimum Gasteiger partial charge on any atom is -0.380 e. The summed E-state index contributed by atoms with van der Waals surface area (Å²) in [6, 6.07) is 5.83. The molecule has 25 heavy (non-hydrogen) atoms. The molecule has 0 aliphatic carbocycles. The quantitative estimate of drug-likeness (QED) is 0.825. The van der Waals surface area contributed by atoms with Gasteiger partial charge in [-0.1, -0.05) is 6.92 Å². The Hall–Kier alpha value is -2.67. The largest absolute Gasteiger partial charge is 0.380 e. The van der Waals surface area contributed by atoms with Crippen LogP contribution in [0, 0.1) is 0 Å². The fourth-order valence-corrected chi connectivity index (χ4v) is 2.98. The predicted molar refractivity (Wildman–Crippen MR) is 98.6 cm³/mol. The zero-order valence-electron chi connectivity index (χ0n) is 14.5. The van der Waals surface area contributed by atoms with Gasteiger partial charge in [0, 0.05) is 51.3 Å². The number of pyridine rings is 2. The highest BCUT2D eigenvalue weighted by Gasteiger charge is 2.17. The number of nitrogens with two attached hydrogens (primary N) is 1. The average molecular weight is 340 g/mol. The summed E-state index contributed by atoms with van der Waals surface area (Å²) in [6.45, 7) is 8.01. The molecule has 0 bridgehead atoms. The maximum Gasteiger partial charge on any atom is 0.252 e. The lowest BCUT2D eigenvalue weighted by Crippen LogP contribution is -2.46. The zero-order chi connectivity index (χ0) is 17.6. The van der Waals surface area contributed by atoms with E-state index in [1.807, 2.05) is 12.3 Å². The molecule has 1 aliphatic heterocycles. The Labute approximate surface area is 147 Å². The van der Waals surface area contributed by atoms with E-state index in [9.17, 15) is 4.79 Å². The molecule has 1 saturated heterocycles. The predicted octanol–water partition coefficient (Wildman–Crippen LogP) is 1.33. The van der Waals surface area contributed by atoms with Gasteiger partial charge in [0.2, 0.25) is 0 Å². The Morgan fingerprint density at radius 2 is 2.04 bits per heavy atom. The second-order valence-corrected chi connectivity index (χ2v) is 6.08. The van der Waals surface area contributed by atoms with Crippen LogP contribution in [0.3, 0.4) is 0 Å². The summed E-state index contributed by atoms with van der Waals surface area (Å²) in [5.74, 6) is 0.514. The van der Waals surface area contributed by atoms with Crippen LogP contribution in [0.15, 0.2) is 36.8 Å². The normalized spacial score (nSPS) is 15.2. The molecule has 0 atom stereocenters.